The van der Waals surface area contributed by atoms with Crippen molar-refractivity contribution in [3.63, 3.8) is 0 Å². The van der Waals surface area contributed by atoms with Crippen LogP contribution in [-0.2, 0) is 9.59 Å². The van der Waals surface area contributed by atoms with Crippen molar-refractivity contribution in [1.29, 1.82) is 0 Å². The summed E-state index contributed by atoms with van der Waals surface area (Å²) in [6.07, 6.45) is 1.01. The highest BCUT2D eigenvalue weighted by Gasteiger charge is 2.41. The lowest BCUT2D eigenvalue weighted by molar-refractivity contribution is -0.116. The van der Waals surface area contributed by atoms with Crippen molar-refractivity contribution in [2.75, 3.05) is 5.32 Å². The van der Waals surface area contributed by atoms with Crippen LogP contribution in [0.25, 0.3) is 0 Å². The summed E-state index contributed by atoms with van der Waals surface area (Å²) >= 11 is 6.60. The zero-order valence-electron chi connectivity index (χ0n) is 19.1. The summed E-state index contributed by atoms with van der Waals surface area (Å²) in [7, 11) is 0. The van der Waals surface area contributed by atoms with Crippen LogP contribution in [0, 0.1) is 5.82 Å². The molecule has 1 heterocycles. The molecule has 0 spiro atoms. The SMILES string of the molecule is CC1=C(C(=O)Nc2cccc(F)c2)[C@@H](c2ccccc2Cl)C2=C(C[C@H](c3ccccc3)CC2=O)N1. The van der Waals surface area contributed by atoms with Crippen LogP contribution >= 0.6 is 11.6 Å². The van der Waals surface area contributed by atoms with E-state index in [0.717, 1.165) is 11.3 Å². The van der Waals surface area contributed by atoms with E-state index in [1.54, 1.807) is 12.1 Å². The number of allylic oxidation sites excluding steroid dienone is 3. The number of dihydropyridines is 1. The van der Waals surface area contributed by atoms with Gasteiger partial charge in [0.2, 0.25) is 0 Å². The van der Waals surface area contributed by atoms with E-state index in [9.17, 15) is 14.0 Å². The predicted octanol–water partition coefficient (Wildman–Crippen LogP) is 6.48. The molecule has 0 fully saturated rings. The van der Waals surface area contributed by atoms with Crippen molar-refractivity contribution in [3.05, 3.63) is 123 Å². The van der Waals surface area contributed by atoms with Crippen molar-refractivity contribution in [2.24, 2.45) is 0 Å². The van der Waals surface area contributed by atoms with Gasteiger partial charge in [-0.1, -0.05) is 66.2 Å². The van der Waals surface area contributed by atoms with E-state index in [4.69, 9.17) is 11.6 Å². The quantitative estimate of drug-likeness (QED) is 0.443. The maximum atomic E-state index is 13.7. The fourth-order valence-corrected chi connectivity index (χ4v) is 5.33. The average molecular weight is 487 g/mol. The second kappa shape index (κ2) is 9.51. The number of hydrogen-bond acceptors (Lipinski definition) is 3. The zero-order chi connectivity index (χ0) is 24.5. The number of amides is 1. The first kappa shape index (κ1) is 23.1. The summed E-state index contributed by atoms with van der Waals surface area (Å²) in [5.41, 5.74) is 4.57. The number of Topliss-reactive ketones (excluding diaryl/α,β-unsaturated/α-hetero) is 1. The number of ketones is 1. The van der Waals surface area contributed by atoms with Crippen LogP contribution in [0.2, 0.25) is 5.02 Å². The van der Waals surface area contributed by atoms with Crippen LogP contribution < -0.4 is 10.6 Å². The van der Waals surface area contributed by atoms with Gasteiger partial charge in [0, 0.05) is 45.6 Å². The van der Waals surface area contributed by atoms with Crippen molar-refractivity contribution < 1.29 is 14.0 Å². The van der Waals surface area contributed by atoms with Gasteiger partial charge in [-0.2, -0.15) is 0 Å². The Morgan fingerprint density at radius 3 is 2.49 bits per heavy atom. The van der Waals surface area contributed by atoms with Crippen LogP contribution in [0.5, 0.6) is 0 Å². The minimum atomic E-state index is -0.627. The van der Waals surface area contributed by atoms with Crippen molar-refractivity contribution >= 4 is 29.0 Å². The molecule has 3 aromatic carbocycles. The summed E-state index contributed by atoms with van der Waals surface area (Å²) in [4.78, 5) is 27.2. The molecule has 1 amide bonds. The van der Waals surface area contributed by atoms with Gasteiger partial charge in [0.25, 0.3) is 5.91 Å². The number of rotatable bonds is 4. The molecule has 35 heavy (non-hydrogen) atoms. The molecule has 2 aliphatic rings. The molecule has 2 N–H and O–H groups in total. The Kier molecular flexibility index (Phi) is 6.27. The minimum Gasteiger partial charge on any atom is -0.362 e. The number of anilines is 1. The highest BCUT2D eigenvalue weighted by atomic mass is 35.5. The van der Waals surface area contributed by atoms with Gasteiger partial charge < -0.3 is 10.6 Å². The van der Waals surface area contributed by atoms with E-state index >= 15 is 0 Å². The van der Waals surface area contributed by atoms with Gasteiger partial charge in [0.1, 0.15) is 5.82 Å². The lowest BCUT2D eigenvalue weighted by Gasteiger charge is -2.37. The van der Waals surface area contributed by atoms with E-state index < -0.39 is 17.6 Å². The molecule has 0 unspecified atom stereocenters. The zero-order valence-corrected chi connectivity index (χ0v) is 19.9. The van der Waals surface area contributed by atoms with Crippen LogP contribution in [-0.4, -0.2) is 11.7 Å². The minimum absolute atomic E-state index is 0.0129. The van der Waals surface area contributed by atoms with Gasteiger partial charge in [-0.3, -0.25) is 9.59 Å². The summed E-state index contributed by atoms with van der Waals surface area (Å²) < 4.78 is 13.7. The average Bonchev–Trinajstić information content (AvgIpc) is 2.84. The monoisotopic (exact) mass is 486 g/mol. The number of nitrogens with one attached hydrogen (secondary N) is 2. The van der Waals surface area contributed by atoms with E-state index in [1.165, 1.54) is 18.2 Å². The Labute approximate surface area is 208 Å². The lowest BCUT2D eigenvalue weighted by atomic mass is 9.71. The van der Waals surface area contributed by atoms with Crippen molar-refractivity contribution in [2.45, 2.75) is 31.6 Å². The third-order valence-corrected chi connectivity index (χ3v) is 6.99. The highest BCUT2D eigenvalue weighted by molar-refractivity contribution is 6.31. The van der Waals surface area contributed by atoms with E-state index in [-0.39, 0.29) is 11.7 Å². The van der Waals surface area contributed by atoms with Gasteiger partial charge in [-0.15, -0.1) is 0 Å². The second-order valence-electron chi connectivity index (χ2n) is 8.91. The smallest absolute Gasteiger partial charge is 0.254 e. The summed E-state index contributed by atoms with van der Waals surface area (Å²) in [6.45, 7) is 1.82. The number of benzene rings is 3. The van der Waals surface area contributed by atoms with E-state index in [1.807, 2.05) is 55.5 Å². The molecule has 2 atom stereocenters. The number of hydrogen-bond donors (Lipinski definition) is 2. The molecular formula is C29H24ClFN2O2. The predicted molar refractivity (Wildman–Crippen MR) is 136 cm³/mol. The molecular weight excluding hydrogens is 463 g/mol. The van der Waals surface area contributed by atoms with Crippen LogP contribution in [0.1, 0.15) is 42.7 Å². The normalized spacial score (nSPS) is 19.8. The van der Waals surface area contributed by atoms with E-state index in [0.29, 0.717) is 46.0 Å². The number of carbonyl (C=O) groups excluding carboxylic acids is 2. The molecule has 0 aromatic heterocycles. The molecule has 1 aliphatic heterocycles. The summed E-state index contributed by atoms with van der Waals surface area (Å²) in [5, 5.41) is 6.63. The second-order valence-corrected chi connectivity index (χ2v) is 9.32. The van der Waals surface area contributed by atoms with Crippen molar-refractivity contribution in [1.82, 2.24) is 5.32 Å². The van der Waals surface area contributed by atoms with Gasteiger partial charge >= 0.3 is 0 Å². The molecule has 176 valence electrons. The van der Waals surface area contributed by atoms with Crippen molar-refractivity contribution in [3.8, 4) is 0 Å². The molecule has 0 saturated carbocycles. The molecule has 6 heteroatoms. The molecule has 0 radical (unpaired) electrons. The third kappa shape index (κ3) is 4.52. The van der Waals surface area contributed by atoms with Crippen LogP contribution in [0.15, 0.2) is 101 Å². The maximum absolute atomic E-state index is 13.7. The Balaban J connectivity index is 1.58. The number of carbonyl (C=O) groups is 2. The topological polar surface area (TPSA) is 58.2 Å². The third-order valence-electron chi connectivity index (χ3n) is 6.64. The highest BCUT2D eigenvalue weighted by Crippen LogP contribution is 2.47. The Morgan fingerprint density at radius 2 is 1.74 bits per heavy atom. The molecule has 1 aliphatic carbocycles. The molecule has 0 bridgehead atoms. The van der Waals surface area contributed by atoms with Crippen LogP contribution in [0.3, 0.4) is 0 Å². The lowest BCUT2D eigenvalue weighted by Crippen LogP contribution is -2.37. The molecule has 0 saturated heterocycles. The van der Waals surface area contributed by atoms with Gasteiger partial charge in [-0.25, -0.2) is 4.39 Å². The Bertz CT molecular complexity index is 1380. The van der Waals surface area contributed by atoms with Gasteiger partial charge in [0.15, 0.2) is 5.78 Å². The number of halogens is 2. The van der Waals surface area contributed by atoms with Gasteiger partial charge in [0.05, 0.1) is 0 Å². The fourth-order valence-electron chi connectivity index (χ4n) is 5.09. The van der Waals surface area contributed by atoms with E-state index in [2.05, 4.69) is 10.6 Å². The van der Waals surface area contributed by atoms with Crippen LogP contribution in [0.4, 0.5) is 10.1 Å². The molecule has 3 aromatic rings. The Morgan fingerprint density at radius 1 is 1.00 bits per heavy atom. The maximum Gasteiger partial charge on any atom is 0.254 e. The fraction of sp³-hybridized carbons (Fsp3) is 0.172. The summed E-state index contributed by atoms with van der Waals surface area (Å²) in [5.74, 6) is -1.44. The Hall–Kier alpha value is -3.70. The molecule has 5 rings (SSSR count). The first-order valence-corrected chi connectivity index (χ1v) is 11.9. The summed E-state index contributed by atoms with van der Waals surface area (Å²) in [6, 6.07) is 23.0. The largest absolute Gasteiger partial charge is 0.362 e. The standard InChI is InChI=1S/C29H24ClFN2O2/c1-17-26(29(35)33-21-11-7-10-20(31)16-21)27(22-12-5-6-13-23(22)30)28-24(32-17)14-19(15-25(28)34)18-8-3-2-4-9-18/h2-13,16,19,27,32H,14-15H2,1H3,(H,33,35)/t19-,27+/m0/s1. The first-order valence-electron chi connectivity index (χ1n) is 11.5. The molecule has 4 nitrogen and oxygen atoms in total. The first-order chi connectivity index (χ1) is 16.9. The van der Waals surface area contributed by atoms with Gasteiger partial charge in [-0.05, 0) is 54.7 Å².